The van der Waals surface area contributed by atoms with Crippen molar-refractivity contribution < 1.29 is 13.8 Å². The Morgan fingerprint density at radius 3 is 2.62 bits per heavy atom. The summed E-state index contributed by atoms with van der Waals surface area (Å²) in [7, 11) is 0. The van der Waals surface area contributed by atoms with Crippen molar-refractivity contribution in [1.82, 2.24) is 4.98 Å². The molecule has 1 aliphatic rings. The summed E-state index contributed by atoms with van der Waals surface area (Å²) in [6, 6.07) is 11.4. The number of hydrogen-bond donors (Lipinski definition) is 1. The van der Waals surface area contributed by atoms with Gasteiger partial charge in [0.15, 0.2) is 5.69 Å². The van der Waals surface area contributed by atoms with E-state index in [0.29, 0.717) is 6.42 Å². The number of thiophene rings is 2. The molecule has 1 atom stereocenters. The maximum Gasteiger partial charge on any atom is 0.359 e. The Labute approximate surface area is 157 Å². The first-order chi connectivity index (χ1) is 12.8. The second-order valence-electron chi connectivity index (χ2n) is 5.97. The molecule has 0 aliphatic carbocycles. The lowest BCUT2D eigenvalue weighted by Crippen LogP contribution is -2.43. The lowest BCUT2D eigenvalue weighted by atomic mass is 10.1. The zero-order chi connectivity index (χ0) is 17.5. The van der Waals surface area contributed by atoms with Gasteiger partial charge in [-0.05, 0) is 35.0 Å². The lowest BCUT2D eigenvalue weighted by Gasteiger charge is -2.03. The van der Waals surface area contributed by atoms with E-state index in [1.807, 2.05) is 53.4 Å². The van der Waals surface area contributed by atoms with Gasteiger partial charge < -0.3 is 4.42 Å². The summed E-state index contributed by atoms with van der Waals surface area (Å²) in [5.41, 5.74) is 1.61. The molecule has 0 fully saturated rings. The second-order valence-corrected chi connectivity index (χ2v) is 7.86. The van der Waals surface area contributed by atoms with Crippen molar-refractivity contribution in [3.8, 4) is 21.1 Å². The monoisotopic (exact) mass is 380 g/mol. The zero-order valence-corrected chi connectivity index (χ0v) is 15.2. The Kier molecular flexibility index (Phi) is 3.69. The Morgan fingerprint density at radius 2 is 1.92 bits per heavy atom. The first kappa shape index (κ1) is 15.5. The molecule has 0 aromatic carbocycles. The van der Waals surface area contributed by atoms with Crippen LogP contribution in [0.2, 0.25) is 0 Å². The molecule has 0 radical (unpaired) electrons. The van der Waals surface area contributed by atoms with Crippen molar-refractivity contribution in [1.29, 1.82) is 0 Å². The minimum absolute atomic E-state index is 0.00872. The highest BCUT2D eigenvalue weighted by Gasteiger charge is 2.42. The number of hydrogen-bond acceptors (Lipinski definition) is 6. The molecule has 0 spiro atoms. The third kappa shape index (κ3) is 2.56. The second kappa shape index (κ2) is 6.19. The first-order valence-corrected chi connectivity index (χ1v) is 9.93. The van der Waals surface area contributed by atoms with E-state index in [2.05, 4.69) is 5.32 Å². The number of nitrogens with zero attached hydrogens (tertiary/aromatic N) is 2. The van der Waals surface area contributed by atoms with E-state index in [0.717, 1.165) is 32.7 Å². The van der Waals surface area contributed by atoms with Crippen LogP contribution >= 0.6 is 22.7 Å². The van der Waals surface area contributed by atoms with Crippen LogP contribution in [0.25, 0.3) is 21.1 Å². The van der Waals surface area contributed by atoms with Crippen molar-refractivity contribution in [2.45, 2.75) is 12.5 Å². The van der Waals surface area contributed by atoms with E-state index in [1.165, 1.54) is 0 Å². The average Bonchev–Trinajstić information content (AvgIpc) is 3.45. The first-order valence-electron chi connectivity index (χ1n) is 8.17. The summed E-state index contributed by atoms with van der Waals surface area (Å²) in [5.74, 6) is 1.54. The van der Waals surface area contributed by atoms with Gasteiger partial charge in [0.1, 0.15) is 17.7 Å². The van der Waals surface area contributed by atoms with Crippen LogP contribution < -0.4 is 9.88 Å². The van der Waals surface area contributed by atoms with Crippen molar-refractivity contribution in [2.75, 3.05) is 5.32 Å². The van der Waals surface area contributed by atoms with Gasteiger partial charge in [-0.15, -0.1) is 22.7 Å². The molecule has 26 heavy (non-hydrogen) atoms. The van der Waals surface area contributed by atoms with Gasteiger partial charge in [-0.25, -0.2) is 9.78 Å². The summed E-state index contributed by atoms with van der Waals surface area (Å²) in [6.07, 6.45) is 3.96. The molecule has 0 saturated carbocycles. The minimum atomic E-state index is -0.361. The van der Waals surface area contributed by atoms with Crippen LogP contribution in [0.15, 0.2) is 64.0 Å². The lowest BCUT2D eigenvalue weighted by molar-refractivity contribution is -0.551. The van der Waals surface area contributed by atoms with E-state index >= 15 is 0 Å². The normalized spacial score (nSPS) is 15.8. The van der Waals surface area contributed by atoms with Gasteiger partial charge in [0.05, 0.1) is 22.4 Å². The maximum absolute atomic E-state index is 13.0. The molecule has 0 amide bonds. The van der Waals surface area contributed by atoms with E-state index in [4.69, 9.17) is 9.40 Å². The fourth-order valence-corrected chi connectivity index (χ4v) is 4.50. The summed E-state index contributed by atoms with van der Waals surface area (Å²) in [6.45, 7) is 0. The number of carbonyl (C=O) groups excluding carboxylic acids is 1. The molecule has 0 saturated heterocycles. The molecule has 1 N–H and O–H groups in total. The van der Waals surface area contributed by atoms with Crippen molar-refractivity contribution in [3.05, 3.63) is 65.4 Å². The van der Waals surface area contributed by atoms with E-state index < -0.39 is 0 Å². The number of anilines is 1. The van der Waals surface area contributed by atoms with Crippen molar-refractivity contribution in [3.63, 3.8) is 0 Å². The molecular formula is C19H14N3O2S2+. The van der Waals surface area contributed by atoms with Gasteiger partial charge in [0, 0.05) is 0 Å². The number of nitrogens with one attached hydrogen (secondary N) is 1. The number of rotatable bonds is 4. The standard InChI is InChI=1S/C19H13N3O2S2/c23-19-13(10-12-4-1-7-24-12)21-18-17(16-6-3-9-26-16)20-14(11-22(18)19)15-5-2-8-25-15/h1-9,11,13H,10H2/p+1. The van der Waals surface area contributed by atoms with Gasteiger partial charge >= 0.3 is 11.7 Å². The topological polar surface area (TPSA) is 59.0 Å². The highest BCUT2D eigenvalue weighted by molar-refractivity contribution is 7.13. The summed E-state index contributed by atoms with van der Waals surface area (Å²) >= 11 is 3.23. The Morgan fingerprint density at radius 1 is 1.12 bits per heavy atom. The van der Waals surface area contributed by atoms with Crippen LogP contribution in [0, 0.1) is 0 Å². The molecule has 1 aliphatic heterocycles. The summed E-state index contributed by atoms with van der Waals surface area (Å²) in [4.78, 5) is 19.9. The van der Waals surface area contributed by atoms with Crippen LogP contribution in [-0.4, -0.2) is 16.9 Å². The van der Waals surface area contributed by atoms with Crippen LogP contribution in [-0.2, 0) is 6.42 Å². The van der Waals surface area contributed by atoms with Crippen LogP contribution in [0.5, 0.6) is 0 Å². The fourth-order valence-electron chi connectivity index (χ4n) is 3.11. The zero-order valence-electron chi connectivity index (χ0n) is 13.6. The predicted molar refractivity (Wildman–Crippen MR) is 102 cm³/mol. The molecule has 5 rings (SSSR count). The largest absolute Gasteiger partial charge is 0.469 e. The van der Waals surface area contributed by atoms with Gasteiger partial charge in [-0.1, -0.05) is 12.1 Å². The molecule has 4 aromatic heterocycles. The Bertz CT molecular complexity index is 1050. The summed E-state index contributed by atoms with van der Waals surface area (Å²) in [5, 5.41) is 7.38. The molecule has 1 unspecified atom stereocenters. The third-order valence-electron chi connectivity index (χ3n) is 4.31. The van der Waals surface area contributed by atoms with Crippen LogP contribution in [0.1, 0.15) is 10.6 Å². The third-order valence-corrected chi connectivity index (χ3v) is 6.08. The molecule has 5 nitrogen and oxygen atoms in total. The number of fused-ring (bicyclic) bond motifs is 1. The number of furan rings is 1. The molecular weight excluding hydrogens is 366 g/mol. The van der Waals surface area contributed by atoms with Gasteiger partial charge in [0.25, 0.3) is 0 Å². The molecule has 128 valence electrons. The SMILES string of the molecule is O=C1C(Cc2ccco2)Nc2c(-c3cccs3)nc(-c3cccs3)c[n+]21. The predicted octanol–water partition coefficient (Wildman–Crippen LogP) is 4.10. The quantitative estimate of drug-likeness (QED) is 0.542. The fraction of sp³-hybridized carbons (Fsp3) is 0.105. The van der Waals surface area contributed by atoms with Gasteiger partial charge in [-0.3, -0.25) is 5.32 Å². The Balaban J connectivity index is 1.62. The molecule has 5 heterocycles. The van der Waals surface area contributed by atoms with Gasteiger partial charge in [-0.2, -0.15) is 4.57 Å². The maximum atomic E-state index is 13.0. The molecule has 7 heteroatoms. The number of carbonyl (C=O) groups is 1. The van der Waals surface area contributed by atoms with Crippen LogP contribution in [0.4, 0.5) is 5.82 Å². The molecule has 4 aromatic rings. The van der Waals surface area contributed by atoms with E-state index in [-0.39, 0.29) is 11.9 Å². The Hall–Kier alpha value is -2.77. The smallest absolute Gasteiger partial charge is 0.359 e. The minimum Gasteiger partial charge on any atom is -0.469 e. The van der Waals surface area contributed by atoms with Crippen molar-refractivity contribution in [2.24, 2.45) is 0 Å². The van der Waals surface area contributed by atoms with E-state index in [1.54, 1.807) is 33.5 Å². The highest BCUT2D eigenvalue weighted by Crippen LogP contribution is 2.33. The highest BCUT2D eigenvalue weighted by atomic mass is 32.1. The molecule has 0 bridgehead atoms. The average molecular weight is 380 g/mol. The van der Waals surface area contributed by atoms with Crippen LogP contribution in [0.3, 0.4) is 0 Å². The van der Waals surface area contributed by atoms with Crippen molar-refractivity contribution >= 4 is 34.4 Å². The van der Waals surface area contributed by atoms with E-state index in [9.17, 15) is 4.79 Å². The summed E-state index contributed by atoms with van der Waals surface area (Å²) < 4.78 is 7.11. The number of aromatic nitrogens is 2. The van der Waals surface area contributed by atoms with Gasteiger partial charge in [0.2, 0.25) is 6.04 Å².